The number of carbonyl (C=O) groups is 2. The van der Waals surface area contributed by atoms with Crippen molar-refractivity contribution < 1.29 is 19.4 Å². The van der Waals surface area contributed by atoms with E-state index in [1.807, 2.05) is 13.8 Å². The minimum Gasteiger partial charge on any atom is -0.477 e. The number of allylic oxidation sites excluding steroid dienone is 1. The Kier molecular flexibility index (Phi) is 10.6. The SMILES string of the molecule is C.C=C(C)N1CCCC1.CC.C[C@H]1OC(=O)C1C1CC(S)C(C(=O)O)=N1. The molecule has 3 rings (SSSR count). The standard InChI is InChI=1S/C9H11NO4S.C7H13N.C2H6.CH4/c1-3-6(9(13)14-3)4-2-5(15)7(10-4)8(11)12;1-7(2)8-5-3-4-6-8;1-2;/h3-6,15H,2H2,1H3,(H,11,12);1,3-6H2,2H3;1-2H3;1H4/t3-,4?,5?,6?;;;/m1.../s1. The Hall–Kier alpha value is -1.50. The molecule has 26 heavy (non-hydrogen) atoms. The molecule has 3 aliphatic heterocycles. The van der Waals surface area contributed by atoms with Gasteiger partial charge in [-0.05, 0) is 33.1 Å². The molecule has 6 nitrogen and oxygen atoms in total. The molecule has 3 unspecified atom stereocenters. The fraction of sp³-hybridized carbons (Fsp3) is 0.737. The summed E-state index contributed by atoms with van der Waals surface area (Å²) < 4.78 is 4.81. The highest BCUT2D eigenvalue weighted by Crippen LogP contribution is 2.34. The number of rotatable bonds is 3. The van der Waals surface area contributed by atoms with E-state index in [0.29, 0.717) is 6.42 Å². The fourth-order valence-corrected chi connectivity index (χ4v) is 3.50. The van der Waals surface area contributed by atoms with E-state index in [0.717, 1.165) is 0 Å². The van der Waals surface area contributed by atoms with Gasteiger partial charge in [-0.3, -0.25) is 9.79 Å². The molecule has 0 aromatic carbocycles. The van der Waals surface area contributed by atoms with E-state index in [1.165, 1.54) is 31.6 Å². The number of thiol groups is 1. The first-order valence-corrected chi connectivity index (χ1v) is 9.43. The third-order valence-electron chi connectivity index (χ3n) is 4.44. The molecule has 2 fully saturated rings. The quantitative estimate of drug-likeness (QED) is 0.574. The molecule has 0 amide bonds. The summed E-state index contributed by atoms with van der Waals surface area (Å²) in [6, 6.07) is -0.283. The smallest absolute Gasteiger partial charge is 0.350 e. The van der Waals surface area contributed by atoms with Crippen LogP contribution in [-0.2, 0) is 14.3 Å². The molecule has 0 aliphatic carbocycles. The van der Waals surface area contributed by atoms with Gasteiger partial charge in [0, 0.05) is 18.8 Å². The average Bonchev–Trinajstić information content (AvgIpc) is 3.19. The number of likely N-dealkylation sites (tertiary alicyclic amines) is 1. The Balaban J connectivity index is 0.000000485. The molecule has 0 aromatic heterocycles. The summed E-state index contributed by atoms with van der Waals surface area (Å²) in [4.78, 5) is 28.3. The van der Waals surface area contributed by atoms with Crippen LogP contribution in [0.15, 0.2) is 17.3 Å². The zero-order valence-corrected chi connectivity index (χ0v) is 16.5. The first kappa shape index (κ1) is 24.5. The van der Waals surface area contributed by atoms with Crippen molar-refractivity contribution in [1.29, 1.82) is 0 Å². The van der Waals surface area contributed by atoms with E-state index in [2.05, 4.69) is 36.0 Å². The molecule has 150 valence electrons. The van der Waals surface area contributed by atoms with E-state index in [1.54, 1.807) is 6.92 Å². The van der Waals surface area contributed by atoms with Gasteiger partial charge in [0.2, 0.25) is 0 Å². The van der Waals surface area contributed by atoms with Crippen LogP contribution in [0.2, 0.25) is 0 Å². The summed E-state index contributed by atoms with van der Waals surface area (Å²) >= 11 is 4.14. The van der Waals surface area contributed by atoms with E-state index >= 15 is 0 Å². The number of carboxylic acid groups (broad SMARTS) is 1. The zero-order chi connectivity index (χ0) is 19.1. The summed E-state index contributed by atoms with van der Waals surface area (Å²) in [7, 11) is 0. The second-order valence-electron chi connectivity index (χ2n) is 6.24. The number of carboxylic acids is 1. The van der Waals surface area contributed by atoms with Gasteiger partial charge in [0.05, 0.1) is 11.3 Å². The molecular weight excluding hydrogens is 352 g/mol. The molecule has 0 aromatic rings. The molecule has 0 saturated carbocycles. The minimum atomic E-state index is -1.06. The van der Waals surface area contributed by atoms with E-state index < -0.39 is 5.97 Å². The Bertz CT molecular complexity index is 530. The lowest BCUT2D eigenvalue weighted by atomic mass is 9.89. The van der Waals surface area contributed by atoms with Crippen molar-refractivity contribution in [3.8, 4) is 0 Å². The molecule has 0 radical (unpaired) electrons. The third-order valence-corrected chi connectivity index (χ3v) is 4.90. The van der Waals surface area contributed by atoms with Gasteiger partial charge < -0.3 is 14.7 Å². The molecule has 3 aliphatic rings. The van der Waals surface area contributed by atoms with Gasteiger partial charge in [0.25, 0.3) is 0 Å². The van der Waals surface area contributed by atoms with Crippen molar-refractivity contribution in [2.75, 3.05) is 13.1 Å². The Labute approximate surface area is 163 Å². The maximum absolute atomic E-state index is 11.1. The summed E-state index contributed by atoms with van der Waals surface area (Å²) in [5.74, 6) is -1.64. The van der Waals surface area contributed by atoms with Crippen LogP contribution in [0.1, 0.15) is 54.4 Å². The van der Waals surface area contributed by atoms with Gasteiger partial charge in [-0.1, -0.05) is 27.9 Å². The predicted octanol–water partition coefficient (Wildman–Crippen LogP) is 3.42. The van der Waals surface area contributed by atoms with Gasteiger partial charge in [0.1, 0.15) is 17.7 Å². The first-order valence-electron chi connectivity index (χ1n) is 8.91. The molecule has 0 spiro atoms. The maximum Gasteiger partial charge on any atom is 0.350 e. The Morgan fingerprint density at radius 1 is 1.35 bits per heavy atom. The fourth-order valence-electron chi connectivity index (χ4n) is 3.11. The summed E-state index contributed by atoms with van der Waals surface area (Å²) in [6.45, 7) is 14.2. The third kappa shape index (κ3) is 6.04. The van der Waals surface area contributed by atoms with Crippen LogP contribution in [0.3, 0.4) is 0 Å². The van der Waals surface area contributed by atoms with Crippen LogP contribution in [0.25, 0.3) is 0 Å². The number of cyclic esters (lactones) is 1. The molecule has 2 saturated heterocycles. The van der Waals surface area contributed by atoms with Crippen molar-refractivity contribution in [3.05, 3.63) is 12.3 Å². The predicted molar refractivity (Wildman–Crippen MR) is 109 cm³/mol. The number of carbonyl (C=O) groups excluding carboxylic acids is 1. The molecular formula is C19H34N2O4S. The highest BCUT2D eigenvalue weighted by atomic mass is 32.1. The summed E-state index contributed by atoms with van der Waals surface area (Å²) in [6.07, 6.45) is 3.04. The summed E-state index contributed by atoms with van der Waals surface area (Å²) in [5.41, 5.74) is 1.28. The molecule has 7 heteroatoms. The molecule has 0 bridgehead atoms. The topological polar surface area (TPSA) is 79.2 Å². The van der Waals surface area contributed by atoms with Gasteiger partial charge in [-0.15, -0.1) is 0 Å². The molecule has 3 heterocycles. The van der Waals surface area contributed by atoms with E-state index in [-0.39, 0.29) is 42.4 Å². The number of aliphatic imine (C=N–C) groups is 1. The second kappa shape index (κ2) is 11.3. The number of hydrogen-bond donors (Lipinski definition) is 2. The van der Waals surface area contributed by atoms with Crippen molar-refractivity contribution >= 4 is 30.3 Å². The minimum absolute atomic E-state index is 0. The zero-order valence-electron chi connectivity index (χ0n) is 15.6. The lowest BCUT2D eigenvalue weighted by Gasteiger charge is -2.35. The van der Waals surface area contributed by atoms with Gasteiger partial charge in [0.15, 0.2) is 0 Å². The molecule has 1 N–H and O–H groups in total. The Morgan fingerprint density at radius 2 is 1.88 bits per heavy atom. The lowest BCUT2D eigenvalue weighted by Crippen LogP contribution is -2.48. The second-order valence-corrected chi connectivity index (χ2v) is 6.86. The van der Waals surface area contributed by atoms with Crippen LogP contribution in [0, 0.1) is 5.92 Å². The van der Waals surface area contributed by atoms with Crippen LogP contribution in [0.5, 0.6) is 0 Å². The molecule has 4 atom stereocenters. The lowest BCUT2D eigenvalue weighted by molar-refractivity contribution is -0.183. The number of nitrogens with zero attached hydrogens (tertiary/aromatic N) is 2. The number of ether oxygens (including phenoxy) is 1. The first-order chi connectivity index (χ1) is 11.8. The monoisotopic (exact) mass is 386 g/mol. The number of esters is 1. The average molecular weight is 387 g/mol. The van der Waals surface area contributed by atoms with E-state index in [9.17, 15) is 9.59 Å². The number of hydrogen-bond acceptors (Lipinski definition) is 6. The van der Waals surface area contributed by atoms with Crippen molar-refractivity contribution in [1.82, 2.24) is 4.90 Å². The number of aliphatic carboxylic acids is 1. The van der Waals surface area contributed by atoms with Crippen molar-refractivity contribution in [2.45, 2.75) is 71.8 Å². The summed E-state index contributed by atoms with van der Waals surface area (Å²) in [5, 5.41) is 8.43. The highest BCUT2D eigenvalue weighted by molar-refractivity contribution is 7.82. The van der Waals surface area contributed by atoms with Gasteiger partial charge in [-0.25, -0.2) is 4.79 Å². The van der Waals surface area contributed by atoms with Crippen LogP contribution < -0.4 is 0 Å². The Morgan fingerprint density at radius 3 is 2.19 bits per heavy atom. The van der Waals surface area contributed by atoms with Gasteiger partial charge >= 0.3 is 11.9 Å². The highest BCUT2D eigenvalue weighted by Gasteiger charge is 2.48. The maximum atomic E-state index is 11.1. The largest absolute Gasteiger partial charge is 0.477 e. The van der Waals surface area contributed by atoms with Crippen molar-refractivity contribution in [3.63, 3.8) is 0 Å². The van der Waals surface area contributed by atoms with Crippen LogP contribution in [-0.4, -0.2) is 58.1 Å². The van der Waals surface area contributed by atoms with Crippen LogP contribution in [0.4, 0.5) is 0 Å². The van der Waals surface area contributed by atoms with E-state index in [4.69, 9.17) is 9.84 Å². The van der Waals surface area contributed by atoms with Crippen LogP contribution >= 0.6 is 12.6 Å². The normalized spacial score (nSPS) is 28.9. The van der Waals surface area contributed by atoms with Crippen molar-refractivity contribution in [2.24, 2.45) is 10.9 Å². The van der Waals surface area contributed by atoms with Gasteiger partial charge in [-0.2, -0.15) is 12.6 Å².